The van der Waals surface area contributed by atoms with Crippen molar-refractivity contribution in [3.63, 3.8) is 0 Å². The van der Waals surface area contributed by atoms with Gasteiger partial charge in [-0.1, -0.05) is 18.2 Å². The van der Waals surface area contributed by atoms with Crippen LogP contribution in [0.25, 0.3) is 0 Å². The lowest BCUT2D eigenvalue weighted by Crippen LogP contribution is -2.41. The van der Waals surface area contributed by atoms with Crippen LogP contribution in [0.5, 0.6) is 0 Å². The van der Waals surface area contributed by atoms with E-state index in [1.807, 2.05) is 30.5 Å². The summed E-state index contributed by atoms with van der Waals surface area (Å²) >= 11 is 0. The maximum atomic E-state index is 12.4. The number of para-hydroxylation sites is 1. The third kappa shape index (κ3) is 2.60. The van der Waals surface area contributed by atoms with Crippen LogP contribution in [0.3, 0.4) is 0 Å². The molecule has 0 saturated carbocycles. The van der Waals surface area contributed by atoms with Crippen molar-refractivity contribution in [3.8, 4) is 0 Å². The Bertz CT molecular complexity index is 767. The minimum Gasteiger partial charge on any atom is -0.352 e. The summed E-state index contributed by atoms with van der Waals surface area (Å²) in [7, 11) is 0. The molecule has 2 aromatic rings. The molecule has 1 aromatic heterocycles. The molecule has 0 saturated heterocycles. The van der Waals surface area contributed by atoms with Gasteiger partial charge in [0.1, 0.15) is 5.82 Å². The van der Waals surface area contributed by atoms with Crippen molar-refractivity contribution >= 4 is 17.5 Å². The highest BCUT2D eigenvalue weighted by Crippen LogP contribution is 2.34. The fourth-order valence-corrected chi connectivity index (χ4v) is 3.43. The predicted molar refractivity (Wildman–Crippen MR) is 84.9 cm³/mol. The zero-order chi connectivity index (χ0) is 15.8. The molecule has 0 unspecified atom stereocenters. The standard InChI is InChI=1S/C17H18N4O2/c22-16(19-11-5-6-15-18-7-8-21(15)10-11)9-13-12-3-1-2-4-14(12)20-17(13)23/h1-4,7-8,11,13H,5-6,9-10H2,(H,19,22)(H,20,23)/t11-,13-/m1/s1. The second kappa shape index (κ2) is 5.53. The van der Waals surface area contributed by atoms with E-state index in [1.165, 1.54) is 0 Å². The van der Waals surface area contributed by atoms with E-state index in [0.717, 1.165) is 36.5 Å². The van der Waals surface area contributed by atoms with Gasteiger partial charge in [-0.05, 0) is 18.1 Å². The molecule has 0 aliphatic carbocycles. The van der Waals surface area contributed by atoms with Crippen LogP contribution in [-0.4, -0.2) is 27.4 Å². The zero-order valence-corrected chi connectivity index (χ0v) is 12.7. The van der Waals surface area contributed by atoms with Gasteiger partial charge in [-0.2, -0.15) is 0 Å². The lowest BCUT2D eigenvalue weighted by molar-refractivity contribution is -0.125. The van der Waals surface area contributed by atoms with Gasteiger partial charge in [-0.15, -0.1) is 0 Å². The van der Waals surface area contributed by atoms with Gasteiger partial charge in [0.05, 0.1) is 5.92 Å². The third-order valence-corrected chi connectivity index (χ3v) is 4.60. The molecule has 23 heavy (non-hydrogen) atoms. The van der Waals surface area contributed by atoms with Crippen LogP contribution in [0, 0.1) is 0 Å². The fraction of sp³-hybridized carbons (Fsp3) is 0.353. The number of nitrogens with one attached hydrogen (secondary N) is 2. The Hall–Kier alpha value is -2.63. The van der Waals surface area contributed by atoms with Gasteiger partial charge in [0.2, 0.25) is 11.8 Å². The van der Waals surface area contributed by atoms with E-state index in [1.54, 1.807) is 6.20 Å². The molecule has 2 aliphatic heterocycles. The van der Waals surface area contributed by atoms with E-state index >= 15 is 0 Å². The first-order chi connectivity index (χ1) is 11.2. The Kier molecular flexibility index (Phi) is 3.37. The first kappa shape index (κ1) is 14.0. The van der Waals surface area contributed by atoms with E-state index in [0.29, 0.717) is 0 Å². The highest BCUT2D eigenvalue weighted by molar-refractivity contribution is 6.04. The van der Waals surface area contributed by atoms with Gasteiger partial charge in [-0.25, -0.2) is 4.98 Å². The van der Waals surface area contributed by atoms with Crippen LogP contribution >= 0.6 is 0 Å². The number of aryl methyl sites for hydroxylation is 1. The summed E-state index contributed by atoms with van der Waals surface area (Å²) in [5.74, 6) is 0.510. The summed E-state index contributed by atoms with van der Waals surface area (Å²) in [5.41, 5.74) is 1.73. The van der Waals surface area contributed by atoms with Gasteiger partial charge in [0.25, 0.3) is 0 Å². The average Bonchev–Trinajstić information content (AvgIpc) is 3.12. The van der Waals surface area contributed by atoms with Crippen LogP contribution in [0.15, 0.2) is 36.7 Å². The average molecular weight is 310 g/mol. The largest absolute Gasteiger partial charge is 0.352 e. The molecule has 2 atom stereocenters. The number of fused-ring (bicyclic) bond motifs is 2. The summed E-state index contributed by atoms with van der Waals surface area (Å²) in [4.78, 5) is 28.7. The van der Waals surface area contributed by atoms with Gasteiger partial charge < -0.3 is 15.2 Å². The van der Waals surface area contributed by atoms with E-state index in [2.05, 4.69) is 20.2 Å². The van der Waals surface area contributed by atoms with Crippen LogP contribution in [0.4, 0.5) is 5.69 Å². The van der Waals surface area contributed by atoms with E-state index in [4.69, 9.17) is 0 Å². The van der Waals surface area contributed by atoms with Gasteiger partial charge in [0.15, 0.2) is 0 Å². The number of carbonyl (C=O) groups is 2. The number of hydrogen-bond acceptors (Lipinski definition) is 3. The highest BCUT2D eigenvalue weighted by atomic mass is 16.2. The van der Waals surface area contributed by atoms with Gasteiger partial charge in [0, 0.05) is 43.5 Å². The topological polar surface area (TPSA) is 76.0 Å². The molecule has 2 amide bonds. The maximum Gasteiger partial charge on any atom is 0.232 e. The normalized spacial score (nSPS) is 22.2. The summed E-state index contributed by atoms with van der Waals surface area (Å²) in [6.45, 7) is 0.745. The number of rotatable bonds is 3. The SMILES string of the molecule is O=C(C[C@H]1C(=O)Nc2ccccc21)N[C@@H]1CCc2nccn2C1. The molecule has 2 N–H and O–H groups in total. The molecule has 6 heteroatoms. The summed E-state index contributed by atoms with van der Waals surface area (Å²) in [6, 6.07) is 7.65. The van der Waals surface area contributed by atoms with Gasteiger partial charge in [-0.3, -0.25) is 9.59 Å². The molecule has 0 bridgehead atoms. The lowest BCUT2D eigenvalue weighted by atomic mass is 9.96. The number of imidazole rings is 1. The third-order valence-electron chi connectivity index (χ3n) is 4.60. The van der Waals surface area contributed by atoms with Crippen molar-refractivity contribution in [2.24, 2.45) is 0 Å². The van der Waals surface area contributed by atoms with Crippen LogP contribution in [0.2, 0.25) is 0 Å². The second-order valence-corrected chi connectivity index (χ2v) is 6.13. The van der Waals surface area contributed by atoms with Crippen molar-refractivity contribution in [3.05, 3.63) is 48.0 Å². The highest BCUT2D eigenvalue weighted by Gasteiger charge is 2.32. The van der Waals surface area contributed by atoms with Crippen molar-refractivity contribution in [2.45, 2.75) is 37.8 Å². The first-order valence-corrected chi connectivity index (χ1v) is 7.90. The second-order valence-electron chi connectivity index (χ2n) is 6.13. The van der Waals surface area contributed by atoms with Crippen molar-refractivity contribution in [2.75, 3.05) is 5.32 Å². The van der Waals surface area contributed by atoms with Crippen molar-refractivity contribution < 1.29 is 9.59 Å². The Morgan fingerprint density at radius 3 is 3.17 bits per heavy atom. The Morgan fingerprint density at radius 1 is 1.39 bits per heavy atom. The molecule has 6 nitrogen and oxygen atoms in total. The Labute approximate surface area is 133 Å². The zero-order valence-electron chi connectivity index (χ0n) is 12.7. The van der Waals surface area contributed by atoms with Crippen LogP contribution < -0.4 is 10.6 Å². The van der Waals surface area contributed by atoms with Crippen LogP contribution in [-0.2, 0) is 22.6 Å². The smallest absolute Gasteiger partial charge is 0.232 e. The van der Waals surface area contributed by atoms with Crippen LogP contribution in [0.1, 0.15) is 30.1 Å². The molecule has 1 aromatic carbocycles. The molecular formula is C17H18N4O2. The number of carbonyl (C=O) groups excluding carboxylic acids is 2. The summed E-state index contributed by atoms with van der Waals surface area (Å²) < 4.78 is 2.08. The molecule has 118 valence electrons. The monoisotopic (exact) mass is 310 g/mol. The number of anilines is 1. The Morgan fingerprint density at radius 2 is 2.26 bits per heavy atom. The number of aromatic nitrogens is 2. The number of benzene rings is 1. The van der Waals surface area contributed by atoms with E-state index in [-0.39, 0.29) is 24.3 Å². The van der Waals surface area contributed by atoms with Crippen molar-refractivity contribution in [1.29, 1.82) is 0 Å². The molecule has 2 aliphatic rings. The molecule has 0 fully saturated rings. The summed E-state index contributed by atoms with van der Waals surface area (Å²) in [6.07, 6.45) is 5.67. The van der Waals surface area contributed by atoms with Gasteiger partial charge >= 0.3 is 0 Å². The molecule has 3 heterocycles. The number of nitrogens with zero attached hydrogens (tertiary/aromatic N) is 2. The lowest BCUT2D eigenvalue weighted by Gasteiger charge is -2.25. The quantitative estimate of drug-likeness (QED) is 0.900. The minimum absolute atomic E-state index is 0.0737. The van der Waals surface area contributed by atoms with E-state index in [9.17, 15) is 9.59 Å². The Balaban J connectivity index is 1.40. The fourth-order valence-electron chi connectivity index (χ4n) is 3.43. The van der Waals surface area contributed by atoms with E-state index < -0.39 is 5.92 Å². The number of hydrogen-bond donors (Lipinski definition) is 2. The first-order valence-electron chi connectivity index (χ1n) is 7.90. The van der Waals surface area contributed by atoms with Crippen molar-refractivity contribution in [1.82, 2.24) is 14.9 Å². The number of amides is 2. The molecular weight excluding hydrogens is 292 g/mol. The minimum atomic E-state index is -0.390. The molecule has 4 rings (SSSR count). The molecule has 0 spiro atoms. The maximum absolute atomic E-state index is 12.4. The molecule has 0 radical (unpaired) electrons. The predicted octanol–water partition coefficient (Wildman–Crippen LogP) is 1.44. The summed E-state index contributed by atoms with van der Waals surface area (Å²) in [5, 5.41) is 5.89.